The van der Waals surface area contributed by atoms with E-state index in [9.17, 15) is 9.18 Å². The molecule has 0 radical (unpaired) electrons. The Morgan fingerprint density at radius 2 is 1.77 bits per heavy atom. The molecule has 0 unspecified atom stereocenters. The van der Waals surface area contributed by atoms with Crippen molar-refractivity contribution in [3.63, 3.8) is 0 Å². The topological polar surface area (TPSA) is 32.3 Å². The van der Waals surface area contributed by atoms with E-state index >= 15 is 0 Å². The molecule has 0 aromatic heterocycles. The van der Waals surface area contributed by atoms with Gasteiger partial charge in [0.05, 0.1) is 10.6 Å². The van der Waals surface area contributed by atoms with Gasteiger partial charge in [-0.1, -0.05) is 17.7 Å². The lowest BCUT2D eigenvalue weighted by Gasteiger charge is -2.21. The van der Waals surface area contributed by atoms with Gasteiger partial charge in [0, 0.05) is 24.5 Å². The normalized spacial score (nSPS) is 10.4. The van der Waals surface area contributed by atoms with E-state index in [0.29, 0.717) is 5.69 Å². The summed E-state index contributed by atoms with van der Waals surface area (Å²) < 4.78 is 13.7. The highest BCUT2D eigenvalue weighted by molar-refractivity contribution is 6.34. The first-order chi connectivity index (χ1) is 10.6. The molecule has 0 aliphatic heterocycles. The molecule has 0 bridgehead atoms. The van der Waals surface area contributed by atoms with Crippen molar-refractivity contribution in [1.82, 2.24) is 0 Å². The second-order valence-corrected chi connectivity index (χ2v) is 5.18. The minimum Gasteiger partial charge on any atom is -0.372 e. The highest BCUT2D eigenvalue weighted by Gasteiger charge is 2.15. The van der Waals surface area contributed by atoms with Crippen molar-refractivity contribution in [3.05, 3.63) is 58.9 Å². The van der Waals surface area contributed by atoms with Crippen LogP contribution in [0.1, 0.15) is 24.2 Å². The molecule has 22 heavy (non-hydrogen) atoms. The molecule has 2 rings (SSSR count). The highest BCUT2D eigenvalue weighted by atomic mass is 35.5. The maximum Gasteiger partial charge on any atom is 0.260 e. The molecule has 2 aromatic rings. The number of nitrogens with zero attached hydrogens (tertiary/aromatic N) is 1. The van der Waals surface area contributed by atoms with E-state index in [0.717, 1.165) is 18.8 Å². The second-order valence-electron chi connectivity index (χ2n) is 4.77. The van der Waals surface area contributed by atoms with Gasteiger partial charge >= 0.3 is 0 Å². The van der Waals surface area contributed by atoms with Gasteiger partial charge in [-0.15, -0.1) is 0 Å². The molecule has 0 atom stereocenters. The second kappa shape index (κ2) is 7.27. The van der Waals surface area contributed by atoms with Crippen LogP contribution in [0.4, 0.5) is 15.8 Å². The average molecular weight is 321 g/mol. The lowest BCUT2D eigenvalue weighted by Crippen LogP contribution is -2.21. The van der Waals surface area contributed by atoms with Gasteiger partial charge in [0.2, 0.25) is 0 Å². The summed E-state index contributed by atoms with van der Waals surface area (Å²) in [5.74, 6) is -1.19. The Morgan fingerprint density at radius 3 is 2.32 bits per heavy atom. The number of hydrogen-bond donors (Lipinski definition) is 1. The van der Waals surface area contributed by atoms with Crippen molar-refractivity contribution >= 4 is 28.9 Å². The van der Waals surface area contributed by atoms with E-state index in [1.165, 1.54) is 18.2 Å². The molecule has 0 fully saturated rings. The number of rotatable bonds is 5. The molecule has 1 amide bonds. The number of carbonyl (C=O) groups is 1. The van der Waals surface area contributed by atoms with Crippen molar-refractivity contribution in [2.45, 2.75) is 13.8 Å². The third-order valence-corrected chi connectivity index (χ3v) is 3.76. The largest absolute Gasteiger partial charge is 0.372 e. The molecule has 0 saturated carbocycles. The summed E-state index contributed by atoms with van der Waals surface area (Å²) >= 11 is 5.89. The van der Waals surface area contributed by atoms with Crippen LogP contribution in [-0.4, -0.2) is 19.0 Å². The standard InChI is InChI=1S/C17H18ClFN2O/c1-3-21(4-2)13-10-8-12(9-11-13)20-17(22)16-14(18)6-5-7-15(16)19/h5-11H,3-4H2,1-2H3,(H,20,22). The molecule has 0 aliphatic carbocycles. The van der Waals surface area contributed by atoms with Crippen LogP contribution in [0.5, 0.6) is 0 Å². The van der Waals surface area contributed by atoms with E-state index in [2.05, 4.69) is 24.1 Å². The smallest absolute Gasteiger partial charge is 0.260 e. The van der Waals surface area contributed by atoms with Gasteiger partial charge in [-0.2, -0.15) is 0 Å². The Hall–Kier alpha value is -2.07. The molecular weight excluding hydrogens is 303 g/mol. The van der Waals surface area contributed by atoms with Crippen molar-refractivity contribution in [2.75, 3.05) is 23.3 Å². The van der Waals surface area contributed by atoms with E-state index in [-0.39, 0.29) is 10.6 Å². The molecular formula is C17H18ClFN2O. The van der Waals surface area contributed by atoms with Gasteiger partial charge in [-0.3, -0.25) is 4.79 Å². The van der Waals surface area contributed by atoms with Gasteiger partial charge in [-0.05, 0) is 50.2 Å². The number of amides is 1. The summed E-state index contributed by atoms with van der Waals surface area (Å²) in [6, 6.07) is 11.6. The van der Waals surface area contributed by atoms with Gasteiger partial charge < -0.3 is 10.2 Å². The fourth-order valence-corrected chi connectivity index (χ4v) is 2.50. The van der Waals surface area contributed by atoms with Crippen molar-refractivity contribution in [3.8, 4) is 0 Å². The van der Waals surface area contributed by atoms with E-state index in [1.54, 1.807) is 12.1 Å². The van der Waals surface area contributed by atoms with E-state index < -0.39 is 11.7 Å². The third kappa shape index (κ3) is 3.57. The zero-order valence-corrected chi connectivity index (χ0v) is 13.3. The maximum atomic E-state index is 13.7. The van der Waals surface area contributed by atoms with Crippen LogP contribution in [-0.2, 0) is 0 Å². The molecule has 1 N–H and O–H groups in total. The summed E-state index contributed by atoms with van der Waals surface area (Å²) in [6.45, 7) is 5.98. The fourth-order valence-electron chi connectivity index (χ4n) is 2.25. The number of anilines is 2. The van der Waals surface area contributed by atoms with Gasteiger partial charge in [0.1, 0.15) is 5.82 Å². The molecule has 0 saturated heterocycles. The lowest BCUT2D eigenvalue weighted by molar-refractivity contribution is 0.102. The van der Waals surface area contributed by atoms with Crippen LogP contribution >= 0.6 is 11.6 Å². The van der Waals surface area contributed by atoms with Crippen LogP contribution in [0, 0.1) is 5.82 Å². The summed E-state index contributed by atoms with van der Waals surface area (Å²) in [6.07, 6.45) is 0. The van der Waals surface area contributed by atoms with Crippen LogP contribution in [0.3, 0.4) is 0 Å². The molecule has 0 heterocycles. The SMILES string of the molecule is CCN(CC)c1ccc(NC(=O)c2c(F)cccc2Cl)cc1. The lowest BCUT2D eigenvalue weighted by atomic mass is 10.2. The zero-order chi connectivity index (χ0) is 16.1. The quantitative estimate of drug-likeness (QED) is 0.874. The van der Waals surface area contributed by atoms with Crippen LogP contribution in [0.2, 0.25) is 5.02 Å². The Labute approximate surface area is 134 Å². The van der Waals surface area contributed by atoms with E-state index in [1.807, 2.05) is 12.1 Å². The van der Waals surface area contributed by atoms with Crippen molar-refractivity contribution in [1.29, 1.82) is 0 Å². The summed E-state index contributed by atoms with van der Waals surface area (Å²) in [4.78, 5) is 14.3. The van der Waals surface area contributed by atoms with Crippen molar-refractivity contribution < 1.29 is 9.18 Å². The number of benzene rings is 2. The predicted octanol–water partition coefficient (Wildman–Crippen LogP) is 4.58. The molecule has 5 heteroatoms. The van der Waals surface area contributed by atoms with Crippen LogP contribution in [0.25, 0.3) is 0 Å². The minimum absolute atomic E-state index is 0.0947. The number of hydrogen-bond acceptors (Lipinski definition) is 2. The van der Waals surface area contributed by atoms with Crippen LogP contribution in [0.15, 0.2) is 42.5 Å². The Morgan fingerprint density at radius 1 is 1.14 bits per heavy atom. The number of nitrogens with one attached hydrogen (secondary N) is 1. The fraction of sp³-hybridized carbons (Fsp3) is 0.235. The monoisotopic (exact) mass is 320 g/mol. The first kappa shape index (κ1) is 16.3. The summed E-state index contributed by atoms with van der Waals surface area (Å²) in [7, 11) is 0. The number of carbonyl (C=O) groups excluding carboxylic acids is 1. The van der Waals surface area contributed by atoms with Gasteiger partial charge in [0.25, 0.3) is 5.91 Å². The summed E-state index contributed by atoms with van der Waals surface area (Å²) in [5.41, 5.74) is 1.53. The highest BCUT2D eigenvalue weighted by Crippen LogP contribution is 2.22. The molecule has 2 aromatic carbocycles. The van der Waals surface area contributed by atoms with E-state index in [4.69, 9.17) is 11.6 Å². The third-order valence-electron chi connectivity index (χ3n) is 3.44. The maximum absolute atomic E-state index is 13.7. The Bertz CT molecular complexity index is 634. The molecule has 0 aliphatic rings. The summed E-state index contributed by atoms with van der Waals surface area (Å²) in [5, 5.41) is 2.75. The molecule has 116 valence electrons. The molecule has 3 nitrogen and oxygen atoms in total. The van der Waals surface area contributed by atoms with Crippen molar-refractivity contribution in [2.24, 2.45) is 0 Å². The molecule has 0 spiro atoms. The van der Waals surface area contributed by atoms with Gasteiger partial charge in [-0.25, -0.2) is 4.39 Å². The minimum atomic E-state index is -0.634. The predicted molar refractivity (Wildman–Crippen MR) is 89.4 cm³/mol. The Balaban J connectivity index is 2.16. The van der Waals surface area contributed by atoms with Crippen LogP contribution < -0.4 is 10.2 Å². The zero-order valence-electron chi connectivity index (χ0n) is 12.6. The Kier molecular flexibility index (Phi) is 5.39. The average Bonchev–Trinajstić information content (AvgIpc) is 2.50. The first-order valence-corrected chi connectivity index (χ1v) is 7.55. The number of halogens is 2. The first-order valence-electron chi connectivity index (χ1n) is 7.17. The van der Waals surface area contributed by atoms with Gasteiger partial charge in [0.15, 0.2) is 0 Å².